The van der Waals surface area contributed by atoms with Crippen molar-refractivity contribution in [3.05, 3.63) is 35.4 Å². The van der Waals surface area contributed by atoms with E-state index in [4.69, 9.17) is 5.73 Å². The molecule has 0 aromatic heterocycles. The van der Waals surface area contributed by atoms with Gasteiger partial charge in [-0.3, -0.25) is 4.90 Å². The number of hydrogen-bond donors (Lipinski definition) is 2. The van der Waals surface area contributed by atoms with E-state index in [2.05, 4.69) is 34.5 Å². The van der Waals surface area contributed by atoms with Gasteiger partial charge >= 0.3 is 0 Å². The van der Waals surface area contributed by atoms with Crippen LogP contribution in [0.3, 0.4) is 0 Å². The standard InChI is InChI=1S/C15H23N3/c16-10-15(14-6-3-8-17-14)18-9-7-12-4-1-2-5-13(12)11-18/h1-2,4-5,14-15,17H,3,6-11,16H2. The minimum Gasteiger partial charge on any atom is -0.329 e. The number of nitrogens with zero attached hydrogens (tertiary/aromatic N) is 1. The molecule has 2 atom stereocenters. The molecule has 2 aliphatic heterocycles. The first-order valence-corrected chi connectivity index (χ1v) is 7.13. The summed E-state index contributed by atoms with van der Waals surface area (Å²) in [6.45, 7) is 4.14. The maximum Gasteiger partial charge on any atom is 0.0375 e. The number of fused-ring (bicyclic) bond motifs is 1. The molecule has 1 aromatic rings. The molecular formula is C15H23N3. The van der Waals surface area contributed by atoms with E-state index in [9.17, 15) is 0 Å². The van der Waals surface area contributed by atoms with Crippen LogP contribution < -0.4 is 11.1 Å². The van der Waals surface area contributed by atoms with Crippen LogP contribution in [0.15, 0.2) is 24.3 Å². The van der Waals surface area contributed by atoms with Crippen molar-refractivity contribution in [3.8, 4) is 0 Å². The highest BCUT2D eigenvalue weighted by atomic mass is 15.2. The molecule has 2 unspecified atom stereocenters. The van der Waals surface area contributed by atoms with Gasteiger partial charge in [0, 0.05) is 31.7 Å². The lowest BCUT2D eigenvalue weighted by atomic mass is 9.96. The Morgan fingerprint density at radius 3 is 2.89 bits per heavy atom. The molecule has 1 aromatic carbocycles. The highest BCUT2D eigenvalue weighted by molar-refractivity contribution is 5.29. The third-order valence-corrected chi connectivity index (χ3v) is 4.43. The second-order valence-electron chi connectivity index (χ2n) is 5.50. The van der Waals surface area contributed by atoms with E-state index in [-0.39, 0.29) is 0 Å². The van der Waals surface area contributed by atoms with Crippen LogP contribution >= 0.6 is 0 Å². The molecule has 3 heteroatoms. The number of nitrogens with two attached hydrogens (primary N) is 1. The second kappa shape index (κ2) is 5.39. The lowest BCUT2D eigenvalue weighted by Gasteiger charge is -2.38. The third kappa shape index (κ3) is 2.30. The fraction of sp³-hybridized carbons (Fsp3) is 0.600. The lowest BCUT2D eigenvalue weighted by Crippen LogP contribution is -2.53. The van der Waals surface area contributed by atoms with Crippen LogP contribution in [0.4, 0.5) is 0 Å². The summed E-state index contributed by atoms with van der Waals surface area (Å²) in [5.74, 6) is 0. The van der Waals surface area contributed by atoms with Gasteiger partial charge in [-0.05, 0) is 36.9 Å². The molecule has 98 valence electrons. The van der Waals surface area contributed by atoms with Crippen molar-refractivity contribution in [2.45, 2.75) is 37.9 Å². The zero-order chi connectivity index (χ0) is 12.4. The van der Waals surface area contributed by atoms with Gasteiger partial charge in [0.05, 0.1) is 0 Å². The van der Waals surface area contributed by atoms with Crippen LogP contribution in [0.1, 0.15) is 24.0 Å². The predicted molar refractivity (Wildman–Crippen MR) is 74.4 cm³/mol. The Morgan fingerprint density at radius 2 is 2.17 bits per heavy atom. The largest absolute Gasteiger partial charge is 0.329 e. The van der Waals surface area contributed by atoms with Gasteiger partial charge in [0.1, 0.15) is 0 Å². The first-order chi connectivity index (χ1) is 8.88. The molecule has 1 saturated heterocycles. The summed E-state index contributed by atoms with van der Waals surface area (Å²) in [5, 5.41) is 3.61. The average Bonchev–Trinajstić information content (AvgIpc) is 2.93. The van der Waals surface area contributed by atoms with Gasteiger partial charge in [-0.25, -0.2) is 0 Å². The highest BCUT2D eigenvalue weighted by Gasteiger charge is 2.30. The van der Waals surface area contributed by atoms with E-state index in [1.807, 2.05) is 0 Å². The Labute approximate surface area is 109 Å². The van der Waals surface area contributed by atoms with Crippen molar-refractivity contribution in [1.82, 2.24) is 10.2 Å². The van der Waals surface area contributed by atoms with Gasteiger partial charge in [0.15, 0.2) is 0 Å². The minimum atomic E-state index is 0.501. The number of rotatable bonds is 3. The molecule has 3 N–H and O–H groups in total. The maximum atomic E-state index is 6.02. The van der Waals surface area contributed by atoms with Gasteiger partial charge < -0.3 is 11.1 Å². The summed E-state index contributed by atoms with van der Waals surface area (Å²) < 4.78 is 0. The molecule has 0 saturated carbocycles. The van der Waals surface area contributed by atoms with E-state index in [0.717, 1.165) is 26.2 Å². The topological polar surface area (TPSA) is 41.3 Å². The summed E-state index contributed by atoms with van der Waals surface area (Å²) in [6, 6.07) is 9.91. The van der Waals surface area contributed by atoms with Crippen LogP contribution in [0.2, 0.25) is 0 Å². The molecule has 3 rings (SSSR count). The Morgan fingerprint density at radius 1 is 1.33 bits per heavy atom. The first kappa shape index (κ1) is 12.2. The molecule has 0 bridgehead atoms. The number of benzene rings is 1. The molecule has 2 heterocycles. The third-order valence-electron chi connectivity index (χ3n) is 4.43. The molecule has 0 radical (unpaired) electrons. The van der Waals surface area contributed by atoms with Gasteiger partial charge in [0.2, 0.25) is 0 Å². The second-order valence-corrected chi connectivity index (χ2v) is 5.50. The van der Waals surface area contributed by atoms with E-state index >= 15 is 0 Å². The zero-order valence-electron chi connectivity index (χ0n) is 10.9. The first-order valence-electron chi connectivity index (χ1n) is 7.13. The average molecular weight is 245 g/mol. The lowest BCUT2D eigenvalue weighted by molar-refractivity contribution is 0.152. The van der Waals surface area contributed by atoms with Crippen molar-refractivity contribution < 1.29 is 0 Å². The van der Waals surface area contributed by atoms with Crippen LogP contribution in [-0.2, 0) is 13.0 Å². The minimum absolute atomic E-state index is 0.501. The molecule has 3 nitrogen and oxygen atoms in total. The molecule has 2 aliphatic rings. The van der Waals surface area contributed by atoms with Crippen LogP contribution in [0, 0.1) is 0 Å². The van der Waals surface area contributed by atoms with E-state index in [0.29, 0.717) is 12.1 Å². The molecule has 18 heavy (non-hydrogen) atoms. The van der Waals surface area contributed by atoms with Crippen molar-refractivity contribution >= 4 is 0 Å². The van der Waals surface area contributed by atoms with Crippen molar-refractivity contribution in [1.29, 1.82) is 0 Å². The predicted octanol–water partition coefficient (Wildman–Crippen LogP) is 1.12. The molecular weight excluding hydrogens is 222 g/mol. The van der Waals surface area contributed by atoms with E-state index in [1.165, 1.54) is 30.4 Å². The Hall–Kier alpha value is -0.900. The Kier molecular flexibility index (Phi) is 3.64. The van der Waals surface area contributed by atoms with Crippen LogP contribution in [0.5, 0.6) is 0 Å². The monoisotopic (exact) mass is 245 g/mol. The van der Waals surface area contributed by atoms with E-state index in [1.54, 1.807) is 0 Å². The number of nitrogens with one attached hydrogen (secondary N) is 1. The number of hydrogen-bond acceptors (Lipinski definition) is 3. The summed E-state index contributed by atoms with van der Waals surface area (Å²) >= 11 is 0. The Bertz CT molecular complexity index is 398. The fourth-order valence-electron chi connectivity index (χ4n) is 3.41. The van der Waals surface area contributed by atoms with Crippen LogP contribution in [0.25, 0.3) is 0 Å². The van der Waals surface area contributed by atoms with Crippen molar-refractivity contribution in [3.63, 3.8) is 0 Å². The molecule has 0 spiro atoms. The summed E-state index contributed by atoms with van der Waals surface area (Å²) in [4.78, 5) is 2.57. The summed E-state index contributed by atoms with van der Waals surface area (Å²) in [5.41, 5.74) is 9.03. The van der Waals surface area contributed by atoms with Gasteiger partial charge in [-0.1, -0.05) is 24.3 Å². The maximum absolute atomic E-state index is 6.02. The van der Waals surface area contributed by atoms with Gasteiger partial charge in [0.25, 0.3) is 0 Å². The van der Waals surface area contributed by atoms with Crippen molar-refractivity contribution in [2.24, 2.45) is 5.73 Å². The SMILES string of the molecule is NCC(C1CCCN1)N1CCc2ccccc2C1. The zero-order valence-corrected chi connectivity index (χ0v) is 10.9. The van der Waals surface area contributed by atoms with Crippen LogP contribution in [-0.4, -0.2) is 36.6 Å². The van der Waals surface area contributed by atoms with E-state index < -0.39 is 0 Å². The summed E-state index contributed by atoms with van der Waals surface area (Å²) in [7, 11) is 0. The van der Waals surface area contributed by atoms with Gasteiger partial charge in [-0.15, -0.1) is 0 Å². The van der Waals surface area contributed by atoms with Gasteiger partial charge in [-0.2, -0.15) is 0 Å². The summed E-state index contributed by atoms with van der Waals surface area (Å²) in [6.07, 6.45) is 3.74. The molecule has 0 aliphatic carbocycles. The normalized spacial score (nSPS) is 25.9. The van der Waals surface area contributed by atoms with Crippen molar-refractivity contribution in [2.75, 3.05) is 19.6 Å². The fourth-order valence-corrected chi connectivity index (χ4v) is 3.41. The molecule has 1 fully saturated rings. The Balaban J connectivity index is 1.73. The highest BCUT2D eigenvalue weighted by Crippen LogP contribution is 2.23. The smallest absolute Gasteiger partial charge is 0.0375 e. The molecule has 0 amide bonds. The quantitative estimate of drug-likeness (QED) is 0.838.